The fraction of sp³-hybridized carbons (Fsp3) is 0.167. The molecule has 1 amide bonds. The molecule has 5 nitrogen and oxygen atoms in total. The summed E-state index contributed by atoms with van der Waals surface area (Å²) in [6.07, 6.45) is 1.70. The van der Waals surface area contributed by atoms with E-state index in [2.05, 4.69) is 16.6 Å². The van der Waals surface area contributed by atoms with Crippen molar-refractivity contribution in [2.45, 2.75) is 11.8 Å². The highest BCUT2D eigenvalue weighted by molar-refractivity contribution is 8.00. The summed E-state index contributed by atoms with van der Waals surface area (Å²) < 4.78 is 41.2. The molecule has 138 valence electrons. The molecule has 2 N–H and O–H groups in total. The summed E-state index contributed by atoms with van der Waals surface area (Å²) in [6, 6.07) is 10.1. The van der Waals surface area contributed by atoms with Gasteiger partial charge in [0.25, 0.3) is 10.0 Å². The number of para-hydroxylation sites is 1. The molecule has 2 aromatic rings. The normalized spacial score (nSPS) is 11.0. The summed E-state index contributed by atoms with van der Waals surface area (Å²) >= 11 is 1.39. The van der Waals surface area contributed by atoms with E-state index in [1.165, 1.54) is 42.1 Å². The van der Waals surface area contributed by atoms with Crippen molar-refractivity contribution in [3.63, 3.8) is 0 Å². The lowest BCUT2D eigenvalue weighted by atomic mass is 10.2. The van der Waals surface area contributed by atoms with Gasteiger partial charge in [-0.05, 0) is 36.8 Å². The molecule has 2 rings (SSSR count). The second kappa shape index (κ2) is 8.86. The maximum atomic E-state index is 13.7. The van der Waals surface area contributed by atoms with Crippen LogP contribution in [0.4, 0.5) is 15.8 Å². The number of nitrogens with one attached hydrogen (secondary N) is 2. The van der Waals surface area contributed by atoms with Crippen LogP contribution in [0.3, 0.4) is 0 Å². The van der Waals surface area contributed by atoms with Crippen LogP contribution in [0.1, 0.15) is 5.56 Å². The maximum Gasteiger partial charge on any atom is 0.262 e. The lowest BCUT2D eigenvalue weighted by Crippen LogP contribution is -2.17. The molecule has 0 saturated heterocycles. The molecule has 0 aliphatic carbocycles. The standard InChI is InChI=1S/C18H19FN2O3S2/c1-3-10-25-12-18(22)20-14-9-8-13(2)17(11-14)26(23,24)21-16-7-5-4-6-15(16)19/h3-9,11,21H,1,10,12H2,2H3,(H,20,22). The second-order valence-corrected chi connectivity index (χ2v) is 8.10. The van der Waals surface area contributed by atoms with Crippen molar-refractivity contribution in [2.24, 2.45) is 0 Å². The van der Waals surface area contributed by atoms with Gasteiger partial charge < -0.3 is 5.32 Å². The second-order valence-electron chi connectivity index (χ2n) is 5.42. The van der Waals surface area contributed by atoms with Crippen molar-refractivity contribution in [3.05, 3.63) is 66.5 Å². The van der Waals surface area contributed by atoms with Crippen LogP contribution in [0.15, 0.2) is 60.0 Å². The van der Waals surface area contributed by atoms with E-state index in [0.717, 1.165) is 0 Å². The first kappa shape index (κ1) is 20.0. The van der Waals surface area contributed by atoms with E-state index in [0.29, 0.717) is 17.0 Å². The molecule has 0 unspecified atom stereocenters. The van der Waals surface area contributed by atoms with Crippen LogP contribution in [0.25, 0.3) is 0 Å². The van der Waals surface area contributed by atoms with Gasteiger partial charge in [0.2, 0.25) is 5.91 Å². The van der Waals surface area contributed by atoms with Gasteiger partial charge in [-0.1, -0.05) is 24.3 Å². The molecule has 0 aliphatic heterocycles. The van der Waals surface area contributed by atoms with Crippen molar-refractivity contribution in [2.75, 3.05) is 21.5 Å². The number of carbonyl (C=O) groups is 1. The third-order valence-electron chi connectivity index (χ3n) is 3.35. The Kier molecular flexibility index (Phi) is 6.82. The molecular formula is C18H19FN2O3S2. The molecule has 0 atom stereocenters. The largest absolute Gasteiger partial charge is 0.325 e. The number of hydrogen-bond acceptors (Lipinski definition) is 4. The predicted molar refractivity (Wildman–Crippen MR) is 105 cm³/mol. The van der Waals surface area contributed by atoms with Gasteiger partial charge in [-0.25, -0.2) is 12.8 Å². The highest BCUT2D eigenvalue weighted by Crippen LogP contribution is 2.24. The number of carbonyl (C=O) groups excluding carboxylic acids is 1. The Labute approximate surface area is 156 Å². The average molecular weight is 394 g/mol. The third kappa shape index (κ3) is 5.34. The topological polar surface area (TPSA) is 75.3 Å². The van der Waals surface area contributed by atoms with Crippen molar-refractivity contribution < 1.29 is 17.6 Å². The number of anilines is 2. The quantitative estimate of drug-likeness (QED) is 0.528. The Morgan fingerprint density at radius 3 is 2.69 bits per heavy atom. The average Bonchev–Trinajstić information content (AvgIpc) is 2.58. The van der Waals surface area contributed by atoms with Crippen LogP contribution in [0.5, 0.6) is 0 Å². The summed E-state index contributed by atoms with van der Waals surface area (Å²) in [6.45, 7) is 5.20. The Balaban J connectivity index is 2.21. The van der Waals surface area contributed by atoms with E-state index in [4.69, 9.17) is 0 Å². The first-order chi connectivity index (χ1) is 12.3. The fourth-order valence-corrected chi connectivity index (χ4v) is 4.02. The van der Waals surface area contributed by atoms with Gasteiger partial charge in [-0.15, -0.1) is 18.3 Å². The number of amides is 1. The van der Waals surface area contributed by atoms with Gasteiger partial charge >= 0.3 is 0 Å². The van der Waals surface area contributed by atoms with Crippen LogP contribution >= 0.6 is 11.8 Å². The molecule has 0 radical (unpaired) electrons. The van der Waals surface area contributed by atoms with Crippen molar-refractivity contribution in [3.8, 4) is 0 Å². The minimum Gasteiger partial charge on any atom is -0.325 e. The predicted octanol–water partition coefficient (Wildman–Crippen LogP) is 3.79. The number of halogens is 1. The first-order valence-electron chi connectivity index (χ1n) is 7.70. The SMILES string of the molecule is C=CCSCC(=O)Nc1ccc(C)c(S(=O)(=O)Nc2ccccc2F)c1. The van der Waals surface area contributed by atoms with Gasteiger partial charge in [0, 0.05) is 11.4 Å². The summed E-state index contributed by atoms with van der Waals surface area (Å²) in [4.78, 5) is 11.9. The number of rotatable bonds is 8. The van der Waals surface area contributed by atoms with Crippen molar-refractivity contribution >= 4 is 39.1 Å². The number of hydrogen-bond donors (Lipinski definition) is 2. The number of sulfonamides is 1. The fourth-order valence-electron chi connectivity index (χ4n) is 2.14. The lowest BCUT2D eigenvalue weighted by Gasteiger charge is -2.13. The first-order valence-corrected chi connectivity index (χ1v) is 10.3. The third-order valence-corrected chi connectivity index (χ3v) is 5.79. The monoisotopic (exact) mass is 394 g/mol. The van der Waals surface area contributed by atoms with Gasteiger partial charge in [-0.3, -0.25) is 9.52 Å². The highest BCUT2D eigenvalue weighted by Gasteiger charge is 2.19. The van der Waals surface area contributed by atoms with E-state index >= 15 is 0 Å². The molecule has 0 spiro atoms. The van der Waals surface area contributed by atoms with Crippen LogP contribution in [0.2, 0.25) is 0 Å². The van der Waals surface area contributed by atoms with E-state index in [1.807, 2.05) is 0 Å². The molecule has 0 saturated carbocycles. The Morgan fingerprint density at radius 2 is 2.00 bits per heavy atom. The highest BCUT2D eigenvalue weighted by atomic mass is 32.2. The van der Waals surface area contributed by atoms with Gasteiger partial charge in [0.15, 0.2) is 0 Å². The maximum absolute atomic E-state index is 13.7. The molecule has 8 heteroatoms. The summed E-state index contributed by atoms with van der Waals surface area (Å²) in [5.74, 6) is -0.0354. The Hall–Kier alpha value is -2.32. The zero-order valence-electron chi connectivity index (χ0n) is 14.2. The summed E-state index contributed by atoms with van der Waals surface area (Å²) in [5.41, 5.74) is 0.698. The Morgan fingerprint density at radius 1 is 1.27 bits per heavy atom. The van der Waals surface area contributed by atoms with Crippen LogP contribution in [0, 0.1) is 12.7 Å². The van der Waals surface area contributed by atoms with Gasteiger partial charge in [0.05, 0.1) is 16.3 Å². The van der Waals surface area contributed by atoms with Gasteiger partial charge in [0.1, 0.15) is 5.82 Å². The lowest BCUT2D eigenvalue weighted by molar-refractivity contribution is -0.113. The summed E-state index contributed by atoms with van der Waals surface area (Å²) in [7, 11) is -4.01. The molecule has 0 heterocycles. The molecular weight excluding hydrogens is 375 g/mol. The Bertz CT molecular complexity index is 914. The van der Waals surface area contributed by atoms with E-state index in [1.54, 1.807) is 25.1 Å². The van der Waals surface area contributed by atoms with Crippen LogP contribution in [-0.4, -0.2) is 25.8 Å². The zero-order valence-corrected chi connectivity index (χ0v) is 15.8. The molecule has 2 aromatic carbocycles. The van der Waals surface area contributed by atoms with E-state index < -0.39 is 15.8 Å². The van der Waals surface area contributed by atoms with E-state index in [9.17, 15) is 17.6 Å². The summed E-state index contributed by atoms with van der Waals surface area (Å²) in [5, 5.41) is 2.66. The molecule has 0 bridgehead atoms. The minimum atomic E-state index is -4.01. The van der Waals surface area contributed by atoms with Crippen LogP contribution in [-0.2, 0) is 14.8 Å². The van der Waals surface area contributed by atoms with Crippen molar-refractivity contribution in [1.82, 2.24) is 0 Å². The minimum absolute atomic E-state index is 0.0303. The number of benzene rings is 2. The smallest absolute Gasteiger partial charge is 0.262 e. The van der Waals surface area contributed by atoms with Gasteiger partial charge in [-0.2, -0.15) is 0 Å². The van der Waals surface area contributed by atoms with Crippen LogP contribution < -0.4 is 10.0 Å². The molecule has 0 aromatic heterocycles. The zero-order chi connectivity index (χ0) is 19.2. The molecule has 0 aliphatic rings. The molecule has 0 fully saturated rings. The number of aryl methyl sites for hydroxylation is 1. The number of thioether (sulfide) groups is 1. The van der Waals surface area contributed by atoms with Crippen molar-refractivity contribution in [1.29, 1.82) is 0 Å². The molecule has 26 heavy (non-hydrogen) atoms. The van der Waals surface area contributed by atoms with E-state index in [-0.39, 0.29) is 22.2 Å².